The molecule has 0 bridgehead atoms. The van der Waals surface area contributed by atoms with Crippen molar-refractivity contribution < 1.29 is 0 Å². The van der Waals surface area contributed by atoms with Gasteiger partial charge in [-0.05, 0) is 0 Å². The Bertz CT molecular complexity index is 211. The molecule has 0 saturated heterocycles. The second kappa shape index (κ2) is 3.01. The van der Waals surface area contributed by atoms with Crippen molar-refractivity contribution in [3.63, 3.8) is 0 Å². The molecular formula is C8H10N2. The third kappa shape index (κ3) is 1.35. The Kier molecular flexibility index (Phi) is 2.05. The van der Waals surface area contributed by atoms with Crippen molar-refractivity contribution >= 4 is 5.84 Å². The molecule has 10 heavy (non-hydrogen) atoms. The fourth-order valence-corrected chi connectivity index (χ4v) is 0.767. The highest BCUT2D eigenvalue weighted by Gasteiger charge is 2.07. The first-order valence-electron chi connectivity index (χ1n) is 3.13. The summed E-state index contributed by atoms with van der Waals surface area (Å²) in [6.45, 7) is 3.56. The largest absolute Gasteiger partial charge is 0.386 e. The van der Waals surface area contributed by atoms with Crippen LogP contribution in [0.15, 0.2) is 42.1 Å². The Morgan fingerprint density at radius 3 is 3.00 bits per heavy atom. The molecule has 0 aliphatic carbocycles. The van der Waals surface area contributed by atoms with Crippen LogP contribution in [0.2, 0.25) is 0 Å². The monoisotopic (exact) mass is 134 g/mol. The molecule has 2 N–H and O–H groups in total. The van der Waals surface area contributed by atoms with Gasteiger partial charge in [0.25, 0.3) is 0 Å². The van der Waals surface area contributed by atoms with Crippen LogP contribution in [0, 0.1) is 5.92 Å². The van der Waals surface area contributed by atoms with Crippen LogP contribution in [-0.2, 0) is 0 Å². The van der Waals surface area contributed by atoms with Crippen LogP contribution >= 0.6 is 0 Å². The zero-order valence-electron chi connectivity index (χ0n) is 5.70. The number of aliphatic imine (C=N–C) groups is 1. The SMILES string of the molecule is C=C/C=C\C1C=CN=C1N. The van der Waals surface area contributed by atoms with Gasteiger partial charge >= 0.3 is 0 Å². The van der Waals surface area contributed by atoms with E-state index < -0.39 is 0 Å². The molecular weight excluding hydrogens is 124 g/mol. The summed E-state index contributed by atoms with van der Waals surface area (Å²) >= 11 is 0. The fourth-order valence-electron chi connectivity index (χ4n) is 0.767. The maximum absolute atomic E-state index is 5.52. The topological polar surface area (TPSA) is 38.4 Å². The van der Waals surface area contributed by atoms with E-state index in [2.05, 4.69) is 11.6 Å². The van der Waals surface area contributed by atoms with Gasteiger partial charge in [0, 0.05) is 6.20 Å². The summed E-state index contributed by atoms with van der Waals surface area (Å²) in [6.07, 6.45) is 9.19. The molecule has 0 aromatic rings. The summed E-state index contributed by atoms with van der Waals surface area (Å²) in [4.78, 5) is 3.90. The van der Waals surface area contributed by atoms with Gasteiger partial charge < -0.3 is 5.73 Å². The molecule has 0 radical (unpaired) electrons. The van der Waals surface area contributed by atoms with Gasteiger partial charge in [0.05, 0.1) is 5.92 Å². The van der Waals surface area contributed by atoms with Gasteiger partial charge in [-0.15, -0.1) is 0 Å². The number of hydrogen-bond acceptors (Lipinski definition) is 2. The van der Waals surface area contributed by atoms with Crippen LogP contribution in [0.25, 0.3) is 0 Å². The van der Waals surface area contributed by atoms with Crippen molar-refractivity contribution in [2.75, 3.05) is 0 Å². The smallest absolute Gasteiger partial charge is 0.110 e. The molecule has 1 rings (SSSR count). The quantitative estimate of drug-likeness (QED) is 0.567. The summed E-state index contributed by atoms with van der Waals surface area (Å²) in [7, 11) is 0. The first-order valence-corrected chi connectivity index (χ1v) is 3.13. The standard InChI is InChI=1S/C8H10N2/c1-2-3-4-7-5-6-10-8(7)9/h2-7H,1H2,(H2,9,10)/b4-3-. The number of nitrogens with two attached hydrogens (primary N) is 1. The van der Waals surface area contributed by atoms with E-state index in [1.807, 2.05) is 18.2 Å². The molecule has 0 aromatic carbocycles. The van der Waals surface area contributed by atoms with Crippen LogP contribution in [0.4, 0.5) is 0 Å². The van der Waals surface area contributed by atoms with Crippen molar-refractivity contribution in [3.05, 3.63) is 37.1 Å². The molecule has 0 saturated carbocycles. The molecule has 1 aliphatic heterocycles. The Morgan fingerprint density at radius 2 is 2.50 bits per heavy atom. The maximum Gasteiger partial charge on any atom is 0.110 e. The minimum Gasteiger partial charge on any atom is -0.386 e. The molecule has 2 nitrogen and oxygen atoms in total. The van der Waals surface area contributed by atoms with Gasteiger partial charge in [-0.2, -0.15) is 0 Å². The van der Waals surface area contributed by atoms with Crippen LogP contribution < -0.4 is 5.73 Å². The molecule has 1 atom stereocenters. The van der Waals surface area contributed by atoms with Crippen molar-refractivity contribution in [1.82, 2.24) is 0 Å². The van der Waals surface area contributed by atoms with Crippen LogP contribution in [0.1, 0.15) is 0 Å². The molecule has 52 valence electrons. The summed E-state index contributed by atoms with van der Waals surface area (Å²) < 4.78 is 0. The van der Waals surface area contributed by atoms with E-state index in [1.165, 1.54) is 0 Å². The predicted octanol–water partition coefficient (Wildman–Crippen LogP) is 1.23. The second-order valence-corrected chi connectivity index (χ2v) is 2.04. The fraction of sp³-hybridized carbons (Fsp3) is 0.125. The lowest BCUT2D eigenvalue weighted by Gasteiger charge is -1.98. The average molecular weight is 134 g/mol. The van der Waals surface area contributed by atoms with Crippen LogP contribution in [-0.4, -0.2) is 5.84 Å². The minimum absolute atomic E-state index is 0.179. The van der Waals surface area contributed by atoms with E-state index in [1.54, 1.807) is 12.3 Å². The zero-order valence-corrected chi connectivity index (χ0v) is 5.70. The van der Waals surface area contributed by atoms with Gasteiger partial charge in [0.2, 0.25) is 0 Å². The van der Waals surface area contributed by atoms with E-state index in [0.29, 0.717) is 5.84 Å². The normalized spacial score (nSPS) is 23.6. The van der Waals surface area contributed by atoms with Crippen molar-refractivity contribution in [3.8, 4) is 0 Å². The number of allylic oxidation sites excluding steroid dienone is 2. The summed E-state index contributed by atoms with van der Waals surface area (Å²) in [5, 5.41) is 0. The Labute approximate surface area is 60.5 Å². The van der Waals surface area contributed by atoms with Crippen LogP contribution in [0.3, 0.4) is 0 Å². The maximum atomic E-state index is 5.52. The highest BCUT2D eigenvalue weighted by atomic mass is 14.9. The highest BCUT2D eigenvalue weighted by Crippen LogP contribution is 2.07. The van der Waals surface area contributed by atoms with Gasteiger partial charge in [-0.25, -0.2) is 4.99 Å². The Morgan fingerprint density at radius 1 is 1.70 bits per heavy atom. The average Bonchev–Trinajstić information content (AvgIpc) is 2.31. The van der Waals surface area contributed by atoms with E-state index in [-0.39, 0.29) is 5.92 Å². The van der Waals surface area contributed by atoms with Crippen molar-refractivity contribution in [1.29, 1.82) is 0 Å². The molecule has 2 heteroatoms. The lowest BCUT2D eigenvalue weighted by Crippen LogP contribution is -2.17. The van der Waals surface area contributed by atoms with E-state index in [4.69, 9.17) is 5.73 Å². The summed E-state index contributed by atoms with van der Waals surface area (Å²) in [5.41, 5.74) is 5.52. The summed E-state index contributed by atoms with van der Waals surface area (Å²) in [5.74, 6) is 0.830. The first-order chi connectivity index (χ1) is 4.84. The number of amidine groups is 1. The molecule has 1 unspecified atom stereocenters. The Hall–Kier alpha value is -1.31. The molecule has 0 fully saturated rings. The van der Waals surface area contributed by atoms with Gasteiger partial charge in [0.1, 0.15) is 5.84 Å². The lowest BCUT2D eigenvalue weighted by molar-refractivity contribution is 1.14. The van der Waals surface area contributed by atoms with E-state index in [9.17, 15) is 0 Å². The third-order valence-electron chi connectivity index (χ3n) is 1.31. The molecule has 1 aliphatic rings. The molecule has 0 spiro atoms. The van der Waals surface area contributed by atoms with E-state index in [0.717, 1.165) is 0 Å². The molecule has 0 aromatic heterocycles. The number of nitrogens with zero attached hydrogens (tertiary/aromatic N) is 1. The van der Waals surface area contributed by atoms with Gasteiger partial charge in [-0.1, -0.05) is 30.9 Å². The first kappa shape index (κ1) is 6.81. The van der Waals surface area contributed by atoms with Crippen molar-refractivity contribution in [2.45, 2.75) is 0 Å². The molecule has 1 heterocycles. The van der Waals surface area contributed by atoms with Gasteiger partial charge in [-0.3, -0.25) is 0 Å². The minimum atomic E-state index is 0.179. The zero-order chi connectivity index (χ0) is 7.40. The summed E-state index contributed by atoms with van der Waals surface area (Å²) in [6, 6.07) is 0. The van der Waals surface area contributed by atoms with E-state index >= 15 is 0 Å². The third-order valence-corrected chi connectivity index (χ3v) is 1.31. The highest BCUT2D eigenvalue weighted by molar-refractivity contribution is 5.88. The second-order valence-electron chi connectivity index (χ2n) is 2.04. The lowest BCUT2D eigenvalue weighted by atomic mass is 10.1. The predicted molar refractivity (Wildman–Crippen MR) is 43.6 cm³/mol. The van der Waals surface area contributed by atoms with Crippen molar-refractivity contribution in [2.24, 2.45) is 16.6 Å². The Balaban J connectivity index is 2.58. The number of rotatable bonds is 2. The van der Waals surface area contributed by atoms with Gasteiger partial charge in [0.15, 0.2) is 0 Å². The van der Waals surface area contributed by atoms with Crippen LogP contribution in [0.5, 0.6) is 0 Å². The molecule has 0 amide bonds. The number of hydrogen-bond donors (Lipinski definition) is 1.